The summed E-state index contributed by atoms with van der Waals surface area (Å²) in [6, 6.07) is 7.66. The zero-order valence-corrected chi connectivity index (χ0v) is 15.9. The summed E-state index contributed by atoms with van der Waals surface area (Å²) in [5, 5.41) is 0. The van der Waals surface area contributed by atoms with Crippen molar-refractivity contribution in [3.63, 3.8) is 0 Å². The first kappa shape index (κ1) is 18.0. The van der Waals surface area contributed by atoms with Crippen LogP contribution in [0.15, 0.2) is 42.7 Å². The summed E-state index contributed by atoms with van der Waals surface area (Å²) in [6.07, 6.45) is 4.82. The molecule has 9 heteroatoms. The van der Waals surface area contributed by atoms with E-state index in [1.807, 2.05) is 10.5 Å². The number of fused-ring (bicyclic) bond motifs is 1. The first-order valence-electron chi connectivity index (χ1n) is 8.67. The van der Waals surface area contributed by atoms with Crippen LogP contribution >= 0.6 is 0 Å². The minimum atomic E-state index is -3.55. The van der Waals surface area contributed by atoms with Gasteiger partial charge in [0.1, 0.15) is 5.82 Å². The molecular formula is C18H20FN5O2S. The number of nitrogens with zero attached hydrogens (tertiary/aromatic N) is 5. The van der Waals surface area contributed by atoms with Crippen LogP contribution in [0.2, 0.25) is 0 Å². The van der Waals surface area contributed by atoms with Gasteiger partial charge in [-0.3, -0.25) is 4.40 Å². The van der Waals surface area contributed by atoms with Crippen molar-refractivity contribution in [2.24, 2.45) is 0 Å². The summed E-state index contributed by atoms with van der Waals surface area (Å²) >= 11 is 0. The fourth-order valence-electron chi connectivity index (χ4n) is 3.55. The van der Waals surface area contributed by atoms with E-state index in [1.165, 1.54) is 34.8 Å². The zero-order chi connectivity index (χ0) is 19.2. The quantitative estimate of drug-likeness (QED) is 0.687. The van der Waals surface area contributed by atoms with Gasteiger partial charge in [0.05, 0.1) is 17.9 Å². The molecule has 2 aromatic heterocycles. The predicted octanol–water partition coefficient (Wildman–Crippen LogP) is 2.48. The number of imidazole rings is 1. The molecule has 0 saturated carbocycles. The van der Waals surface area contributed by atoms with Gasteiger partial charge in [-0.25, -0.2) is 14.4 Å². The second-order valence-electron chi connectivity index (χ2n) is 6.71. The van der Waals surface area contributed by atoms with Crippen LogP contribution < -0.4 is 0 Å². The summed E-state index contributed by atoms with van der Waals surface area (Å²) in [5.41, 5.74) is 2.35. The van der Waals surface area contributed by atoms with E-state index in [4.69, 9.17) is 0 Å². The SMILES string of the molecule is CN(C)S(=O)(=O)N1CCCC1c1ccnc2ncc(-c3ccc(F)cc3)n12. The van der Waals surface area contributed by atoms with Gasteiger partial charge in [-0.15, -0.1) is 0 Å². The Hall–Kier alpha value is -2.36. The molecule has 0 bridgehead atoms. The van der Waals surface area contributed by atoms with E-state index in [2.05, 4.69) is 9.97 Å². The van der Waals surface area contributed by atoms with Crippen LogP contribution in [0.4, 0.5) is 4.39 Å². The summed E-state index contributed by atoms with van der Waals surface area (Å²) in [5.74, 6) is 0.172. The molecule has 0 radical (unpaired) electrons. The topological polar surface area (TPSA) is 70.8 Å². The molecule has 1 aromatic carbocycles. The van der Waals surface area contributed by atoms with Crippen LogP contribution in [0.5, 0.6) is 0 Å². The van der Waals surface area contributed by atoms with Crippen molar-refractivity contribution >= 4 is 16.0 Å². The molecule has 0 N–H and O–H groups in total. The summed E-state index contributed by atoms with van der Waals surface area (Å²) < 4.78 is 43.4. The highest BCUT2D eigenvalue weighted by atomic mass is 32.2. The zero-order valence-electron chi connectivity index (χ0n) is 15.1. The minimum absolute atomic E-state index is 0.309. The number of hydrogen-bond acceptors (Lipinski definition) is 4. The molecule has 3 heterocycles. The molecule has 1 aliphatic rings. The van der Waals surface area contributed by atoms with Crippen molar-refractivity contribution in [2.75, 3.05) is 20.6 Å². The highest BCUT2D eigenvalue weighted by Gasteiger charge is 2.38. The smallest absolute Gasteiger partial charge is 0.279 e. The fourth-order valence-corrected chi connectivity index (χ4v) is 4.86. The third kappa shape index (κ3) is 3.01. The molecule has 1 fully saturated rings. The second kappa shape index (κ2) is 6.66. The summed E-state index contributed by atoms with van der Waals surface area (Å²) in [4.78, 5) is 8.65. The third-order valence-electron chi connectivity index (χ3n) is 4.88. The summed E-state index contributed by atoms with van der Waals surface area (Å²) in [6.45, 7) is 0.468. The molecule has 0 spiro atoms. The van der Waals surface area contributed by atoms with E-state index in [0.29, 0.717) is 18.7 Å². The van der Waals surface area contributed by atoms with Crippen molar-refractivity contribution in [2.45, 2.75) is 18.9 Å². The van der Waals surface area contributed by atoms with Gasteiger partial charge in [-0.05, 0) is 43.2 Å². The summed E-state index contributed by atoms with van der Waals surface area (Å²) in [7, 11) is -0.474. The number of benzene rings is 1. The number of aromatic nitrogens is 3. The number of halogens is 1. The van der Waals surface area contributed by atoms with Crippen molar-refractivity contribution in [3.05, 3.63) is 54.2 Å². The molecule has 27 heavy (non-hydrogen) atoms. The van der Waals surface area contributed by atoms with Crippen LogP contribution in [-0.2, 0) is 10.2 Å². The Morgan fingerprint density at radius 1 is 1.15 bits per heavy atom. The molecule has 1 aliphatic heterocycles. The molecule has 7 nitrogen and oxygen atoms in total. The Balaban J connectivity index is 1.87. The first-order valence-corrected chi connectivity index (χ1v) is 10.1. The fraction of sp³-hybridized carbons (Fsp3) is 0.333. The molecule has 1 unspecified atom stereocenters. The van der Waals surface area contributed by atoms with Gasteiger partial charge in [-0.1, -0.05) is 0 Å². The minimum Gasteiger partial charge on any atom is -0.279 e. The molecular weight excluding hydrogens is 369 g/mol. The standard InChI is InChI=1S/C18H20FN5O2S/c1-22(2)27(25,26)23-11-3-4-15(23)16-9-10-20-18-21-12-17(24(16)18)13-5-7-14(19)8-6-13/h5-10,12,15H,3-4,11H2,1-2H3. The Bertz CT molecular complexity index is 1080. The maximum Gasteiger partial charge on any atom is 0.282 e. The highest BCUT2D eigenvalue weighted by Crippen LogP contribution is 2.36. The lowest BCUT2D eigenvalue weighted by Crippen LogP contribution is -2.40. The van der Waals surface area contributed by atoms with Crippen molar-refractivity contribution in [3.8, 4) is 11.3 Å². The van der Waals surface area contributed by atoms with Gasteiger partial charge in [-0.2, -0.15) is 17.0 Å². The molecule has 0 amide bonds. The predicted molar refractivity (Wildman–Crippen MR) is 99.7 cm³/mol. The largest absolute Gasteiger partial charge is 0.282 e. The highest BCUT2D eigenvalue weighted by molar-refractivity contribution is 7.86. The third-order valence-corrected chi connectivity index (χ3v) is 6.83. The van der Waals surface area contributed by atoms with Crippen LogP contribution in [-0.4, -0.2) is 52.0 Å². The lowest BCUT2D eigenvalue weighted by Gasteiger charge is -2.27. The first-order chi connectivity index (χ1) is 12.9. The van der Waals surface area contributed by atoms with Gasteiger partial charge >= 0.3 is 0 Å². The van der Waals surface area contributed by atoms with Crippen molar-refractivity contribution in [1.29, 1.82) is 0 Å². The van der Waals surface area contributed by atoms with Gasteiger partial charge in [0, 0.05) is 38.1 Å². The molecule has 1 atom stereocenters. The number of rotatable bonds is 4. The van der Waals surface area contributed by atoms with E-state index in [1.54, 1.807) is 24.5 Å². The van der Waals surface area contributed by atoms with Crippen LogP contribution in [0, 0.1) is 5.82 Å². The Kier molecular flexibility index (Phi) is 4.45. The maximum absolute atomic E-state index is 13.3. The van der Waals surface area contributed by atoms with Gasteiger partial charge in [0.25, 0.3) is 10.2 Å². The van der Waals surface area contributed by atoms with E-state index >= 15 is 0 Å². The molecule has 3 aromatic rings. The van der Waals surface area contributed by atoms with Gasteiger partial charge < -0.3 is 0 Å². The molecule has 1 saturated heterocycles. The van der Waals surface area contributed by atoms with E-state index < -0.39 is 10.2 Å². The normalized spacial score (nSPS) is 18.6. The molecule has 0 aliphatic carbocycles. The van der Waals surface area contributed by atoms with Crippen molar-refractivity contribution in [1.82, 2.24) is 23.0 Å². The van der Waals surface area contributed by atoms with E-state index in [9.17, 15) is 12.8 Å². The van der Waals surface area contributed by atoms with Crippen LogP contribution in [0.3, 0.4) is 0 Å². The lowest BCUT2D eigenvalue weighted by atomic mass is 10.1. The Morgan fingerprint density at radius 2 is 1.89 bits per heavy atom. The monoisotopic (exact) mass is 389 g/mol. The number of hydrogen-bond donors (Lipinski definition) is 0. The Morgan fingerprint density at radius 3 is 2.59 bits per heavy atom. The lowest BCUT2D eigenvalue weighted by molar-refractivity contribution is 0.356. The molecule has 142 valence electrons. The Labute approximate surface area is 157 Å². The van der Waals surface area contributed by atoms with Crippen LogP contribution in [0.1, 0.15) is 24.6 Å². The van der Waals surface area contributed by atoms with Gasteiger partial charge in [0.2, 0.25) is 5.78 Å². The van der Waals surface area contributed by atoms with E-state index in [-0.39, 0.29) is 11.9 Å². The average molecular weight is 389 g/mol. The van der Waals surface area contributed by atoms with E-state index in [0.717, 1.165) is 23.4 Å². The van der Waals surface area contributed by atoms with Crippen molar-refractivity contribution < 1.29 is 12.8 Å². The second-order valence-corrected chi connectivity index (χ2v) is 8.81. The maximum atomic E-state index is 13.3. The average Bonchev–Trinajstić information content (AvgIpc) is 3.29. The van der Waals surface area contributed by atoms with Gasteiger partial charge in [0.15, 0.2) is 0 Å². The van der Waals surface area contributed by atoms with Crippen LogP contribution in [0.25, 0.3) is 17.0 Å². The molecule has 4 rings (SSSR count).